The van der Waals surface area contributed by atoms with Gasteiger partial charge in [0.1, 0.15) is 6.10 Å². The second-order valence-corrected chi connectivity index (χ2v) is 10.1. The third-order valence-electron chi connectivity index (χ3n) is 4.31. The summed E-state index contributed by atoms with van der Waals surface area (Å²) in [4.78, 5) is 2.40. The molecule has 0 bridgehead atoms. The van der Waals surface area contributed by atoms with Crippen molar-refractivity contribution in [2.45, 2.75) is 67.7 Å². The zero-order chi connectivity index (χ0) is 19.1. The highest BCUT2D eigenvalue weighted by Gasteiger charge is 2.30. The Morgan fingerprint density at radius 1 is 1.03 bits per heavy atom. The molecule has 0 saturated carbocycles. The zero-order valence-corrected chi connectivity index (χ0v) is 18.0. The summed E-state index contributed by atoms with van der Waals surface area (Å²) >= 11 is 0. The Morgan fingerprint density at radius 3 is 2.10 bits per heavy atom. The van der Waals surface area contributed by atoms with Crippen molar-refractivity contribution in [3.05, 3.63) is 0 Å². The van der Waals surface area contributed by atoms with Crippen LogP contribution in [-0.4, -0.2) is 92.0 Å². The summed E-state index contributed by atoms with van der Waals surface area (Å²) in [6.45, 7) is 15.9. The van der Waals surface area contributed by atoms with Crippen LogP contribution in [0.15, 0.2) is 0 Å². The first kappa shape index (κ1) is 33.6. The first-order chi connectivity index (χ1) is 12.6. The molecule has 2 rings (SSSR count). The molecule has 0 radical (unpaired) electrons. The van der Waals surface area contributed by atoms with Gasteiger partial charge in [0.15, 0.2) is 0 Å². The molecule has 2 heterocycles. The Labute approximate surface area is 182 Å². The van der Waals surface area contributed by atoms with Crippen molar-refractivity contribution in [3.8, 4) is 0 Å². The molecule has 7 nitrogen and oxygen atoms in total. The van der Waals surface area contributed by atoms with Gasteiger partial charge in [-0.05, 0) is 52.4 Å². The molecular weight excluding hydrogens is 388 g/mol. The number of hydrogen-bond donors (Lipinski definition) is 1. The topological polar surface area (TPSA) is 78.7 Å². The van der Waals surface area contributed by atoms with Crippen molar-refractivity contribution in [3.63, 3.8) is 0 Å². The first-order valence-electron chi connectivity index (χ1n) is 10.1. The molecule has 1 unspecified atom stereocenters. The van der Waals surface area contributed by atoms with Crippen LogP contribution in [0.5, 0.6) is 0 Å². The lowest BCUT2D eigenvalue weighted by molar-refractivity contribution is 0.0377. The van der Waals surface area contributed by atoms with Gasteiger partial charge >= 0.3 is 8.56 Å². The molecular formula is C21H52N2O5Si. The molecule has 2 aliphatic heterocycles. The molecule has 180 valence electrons. The van der Waals surface area contributed by atoms with E-state index in [0.717, 1.165) is 91.3 Å². The molecule has 0 aromatic carbocycles. The van der Waals surface area contributed by atoms with Crippen LogP contribution >= 0.6 is 0 Å². The van der Waals surface area contributed by atoms with Gasteiger partial charge in [-0.1, -0.05) is 22.3 Å². The van der Waals surface area contributed by atoms with Gasteiger partial charge < -0.3 is 28.8 Å². The molecule has 2 saturated heterocycles. The van der Waals surface area contributed by atoms with Gasteiger partial charge in [0.05, 0.1) is 26.4 Å². The fourth-order valence-corrected chi connectivity index (χ4v) is 5.19. The third kappa shape index (κ3) is 18.4. The van der Waals surface area contributed by atoms with E-state index in [2.05, 4.69) is 11.4 Å². The summed E-state index contributed by atoms with van der Waals surface area (Å²) < 4.78 is 27.3. The average Bonchev–Trinajstić information content (AvgIpc) is 3.46. The predicted octanol–water partition coefficient (Wildman–Crippen LogP) is 3.51. The minimum Gasteiger partial charge on any atom is -0.395 e. The highest BCUT2D eigenvalue weighted by Crippen LogP contribution is 2.16. The first-order valence-corrected chi connectivity index (χ1v) is 12.6. The number of rotatable bonds is 13. The highest BCUT2D eigenvalue weighted by atomic mass is 28.4. The lowest BCUT2D eigenvalue weighted by Crippen LogP contribution is -2.38. The van der Waals surface area contributed by atoms with Gasteiger partial charge in [-0.25, -0.2) is 0 Å². The van der Waals surface area contributed by atoms with Crippen molar-refractivity contribution >= 4 is 8.56 Å². The molecule has 2 N–H and O–H groups in total. The molecule has 2 fully saturated rings. The number of nitrogens with two attached hydrogens (primary N) is 1. The third-order valence-corrected chi connectivity index (χ3v) is 7.37. The molecule has 29 heavy (non-hydrogen) atoms. The SMILES string of the molecule is C.C.C.CCO[Si](C)(CCCOCC1CO1)OCC.NCCCN1CCOCC1. The molecule has 1 atom stereocenters. The van der Waals surface area contributed by atoms with E-state index in [-0.39, 0.29) is 22.3 Å². The zero-order valence-electron chi connectivity index (χ0n) is 17.0. The van der Waals surface area contributed by atoms with Crippen LogP contribution in [0.4, 0.5) is 0 Å². The Bertz CT molecular complexity index is 324. The van der Waals surface area contributed by atoms with Crippen molar-refractivity contribution in [1.29, 1.82) is 0 Å². The van der Waals surface area contributed by atoms with Gasteiger partial charge in [-0.2, -0.15) is 0 Å². The highest BCUT2D eigenvalue weighted by molar-refractivity contribution is 6.66. The molecule has 2 aliphatic rings. The lowest BCUT2D eigenvalue weighted by Gasteiger charge is -2.26. The standard InChI is InChI=1S/C11H24O4Si.C7H16N2O.3CH4/c1-4-14-16(3,15-5-2)8-6-7-12-9-11-10-13-11;8-2-1-3-9-4-6-10-7-5-9;;;/h11H,4-10H2,1-3H3;1-8H2;3*1H4. The van der Waals surface area contributed by atoms with Gasteiger partial charge in [0, 0.05) is 32.9 Å². The molecule has 0 amide bonds. The van der Waals surface area contributed by atoms with Crippen molar-refractivity contribution < 1.29 is 23.1 Å². The van der Waals surface area contributed by atoms with Crippen LogP contribution in [0, 0.1) is 0 Å². The Hall–Kier alpha value is -0.0631. The van der Waals surface area contributed by atoms with Crippen molar-refractivity contribution in [1.82, 2.24) is 4.90 Å². The van der Waals surface area contributed by atoms with E-state index in [4.69, 9.17) is 28.8 Å². The smallest absolute Gasteiger partial charge is 0.334 e. The van der Waals surface area contributed by atoms with E-state index >= 15 is 0 Å². The van der Waals surface area contributed by atoms with E-state index in [1.807, 2.05) is 13.8 Å². The summed E-state index contributed by atoms with van der Waals surface area (Å²) in [7, 11) is -1.92. The van der Waals surface area contributed by atoms with Gasteiger partial charge in [-0.3, -0.25) is 4.90 Å². The van der Waals surface area contributed by atoms with Gasteiger partial charge in [-0.15, -0.1) is 0 Å². The molecule has 8 heteroatoms. The van der Waals surface area contributed by atoms with E-state index in [0.29, 0.717) is 6.10 Å². The van der Waals surface area contributed by atoms with Crippen LogP contribution in [0.1, 0.15) is 49.0 Å². The van der Waals surface area contributed by atoms with Crippen LogP contribution < -0.4 is 5.73 Å². The second kappa shape index (κ2) is 21.2. The Balaban J connectivity index is -0.000000457. The number of ether oxygens (including phenoxy) is 3. The number of morpholine rings is 1. The maximum Gasteiger partial charge on any atom is 0.334 e. The number of epoxide rings is 1. The van der Waals surface area contributed by atoms with E-state index in [1.165, 1.54) is 0 Å². The van der Waals surface area contributed by atoms with Gasteiger partial charge in [0.25, 0.3) is 0 Å². The lowest BCUT2D eigenvalue weighted by atomic mass is 10.3. The Morgan fingerprint density at radius 2 is 1.62 bits per heavy atom. The maximum absolute atomic E-state index is 5.75. The number of nitrogens with zero attached hydrogens (tertiary/aromatic N) is 1. The fourth-order valence-electron chi connectivity index (χ4n) is 2.81. The van der Waals surface area contributed by atoms with Crippen LogP contribution in [0.2, 0.25) is 12.6 Å². The van der Waals surface area contributed by atoms with E-state index in [1.54, 1.807) is 0 Å². The monoisotopic (exact) mass is 440 g/mol. The van der Waals surface area contributed by atoms with Gasteiger partial charge in [0.2, 0.25) is 0 Å². The van der Waals surface area contributed by atoms with E-state index in [9.17, 15) is 0 Å². The largest absolute Gasteiger partial charge is 0.395 e. The summed E-state index contributed by atoms with van der Waals surface area (Å²) in [6, 6.07) is 1.00. The summed E-state index contributed by atoms with van der Waals surface area (Å²) in [5.74, 6) is 0. The van der Waals surface area contributed by atoms with Crippen LogP contribution in [0.3, 0.4) is 0 Å². The molecule has 0 aliphatic carbocycles. The van der Waals surface area contributed by atoms with Crippen LogP contribution in [0.25, 0.3) is 0 Å². The van der Waals surface area contributed by atoms with Crippen molar-refractivity contribution in [2.75, 3.05) is 72.4 Å². The minimum atomic E-state index is -1.92. The Kier molecular flexibility index (Phi) is 24.5. The fraction of sp³-hybridized carbons (Fsp3) is 1.00. The normalized spacial score (nSPS) is 18.4. The molecule has 0 spiro atoms. The minimum absolute atomic E-state index is 0. The summed E-state index contributed by atoms with van der Waals surface area (Å²) in [6.07, 6.45) is 2.48. The molecule has 0 aromatic rings. The molecule has 0 aromatic heterocycles. The predicted molar refractivity (Wildman–Crippen MR) is 126 cm³/mol. The number of hydrogen-bond acceptors (Lipinski definition) is 7. The quantitative estimate of drug-likeness (QED) is 0.267. The van der Waals surface area contributed by atoms with Crippen molar-refractivity contribution in [2.24, 2.45) is 5.73 Å². The van der Waals surface area contributed by atoms with E-state index < -0.39 is 8.56 Å². The van der Waals surface area contributed by atoms with Crippen LogP contribution in [-0.2, 0) is 23.1 Å². The summed E-state index contributed by atoms with van der Waals surface area (Å²) in [5.41, 5.74) is 5.39. The second-order valence-electron chi connectivity index (χ2n) is 6.73. The summed E-state index contributed by atoms with van der Waals surface area (Å²) in [5, 5.41) is 0. The maximum atomic E-state index is 5.75. The average molecular weight is 441 g/mol.